The third kappa shape index (κ3) is 4.42. The third-order valence-electron chi connectivity index (χ3n) is 5.82. The highest BCUT2D eigenvalue weighted by Crippen LogP contribution is 2.32. The van der Waals surface area contributed by atoms with Crippen molar-refractivity contribution in [2.24, 2.45) is 18.1 Å². The number of piperidine rings is 1. The molecule has 1 aliphatic heterocycles. The Bertz CT molecular complexity index is 1070. The number of aromatic nitrogens is 3. The first-order chi connectivity index (χ1) is 14.1. The number of amides is 1. The molecule has 30 heavy (non-hydrogen) atoms. The summed E-state index contributed by atoms with van der Waals surface area (Å²) in [4.78, 5) is 15.3. The summed E-state index contributed by atoms with van der Waals surface area (Å²) in [5.74, 6) is -0.295. The van der Waals surface area contributed by atoms with Gasteiger partial charge in [0.2, 0.25) is 15.9 Å². The Labute approximate surface area is 177 Å². The van der Waals surface area contributed by atoms with Crippen LogP contribution in [-0.4, -0.2) is 46.7 Å². The highest BCUT2D eigenvalue weighted by atomic mass is 32.2. The van der Waals surface area contributed by atoms with Gasteiger partial charge in [-0.3, -0.25) is 9.48 Å². The van der Waals surface area contributed by atoms with Crippen molar-refractivity contribution < 1.29 is 13.2 Å². The monoisotopic (exact) mass is 432 g/mol. The van der Waals surface area contributed by atoms with Crippen LogP contribution in [0.1, 0.15) is 49.2 Å². The first-order valence-electron chi connectivity index (χ1n) is 10.0. The van der Waals surface area contributed by atoms with Crippen molar-refractivity contribution in [1.29, 1.82) is 5.26 Å². The number of primary sulfonamides is 1. The summed E-state index contributed by atoms with van der Waals surface area (Å²) < 4.78 is 27.8. The number of carbonyl (C=O) groups excluding carboxylic acids is 1. The first-order valence-corrected chi connectivity index (χ1v) is 11.6. The number of likely N-dealkylation sites (tertiary alicyclic amines) is 1. The van der Waals surface area contributed by atoms with Crippen molar-refractivity contribution in [3.63, 3.8) is 0 Å². The van der Waals surface area contributed by atoms with Gasteiger partial charge in [-0.2, -0.15) is 10.4 Å². The Balaban J connectivity index is 2.00. The topological polar surface area (TPSA) is 127 Å². The average molecular weight is 433 g/mol. The van der Waals surface area contributed by atoms with E-state index >= 15 is 0 Å². The molecule has 0 spiro atoms. The number of hydrogen-bond acceptors (Lipinski definition) is 5. The van der Waals surface area contributed by atoms with E-state index in [0.29, 0.717) is 43.4 Å². The van der Waals surface area contributed by atoms with Crippen molar-refractivity contribution in [2.45, 2.75) is 50.5 Å². The maximum absolute atomic E-state index is 13.5. The fraction of sp³-hybridized carbons (Fsp3) is 0.550. The van der Waals surface area contributed by atoms with Gasteiger partial charge >= 0.3 is 0 Å². The molecule has 1 amide bonds. The fourth-order valence-corrected chi connectivity index (χ4v) is 5.22. The standard InChI is InChI=1S/C20H28N6O3S/c1-14-6-10-26(11-7-14)20(27)17(8-12-25-9-4-5-16(25)13-21)18-19(30(22,28)29)15(2)23-24(18)3/h4-5,9,14,17H,6-8,10-12H2,1-3H3,(H2,22,28,29). The van der Waals surface area contributed by atoms with Crippen LogP contribution in [0.15, 0.2) is 23.2 Å². The van der Waals surface area contributed by atoms with Crippen LogP contribution in [0.5, 0.6) is 0 Å². The van der Waals surface area contributed by atoms with Crippen LogP contribution in [0.4, 0.5) is 0 Å². The van der Waals surface area contributed by atoms with Gasteiger partial charge in [0.25, 0.3) is 0 Å². The Hall–Kier alpha value is -2.64. The molecular weight excluding hydrogens is 404 g/mol. The summed E-state index contributed by atoms with van der Waals surface area (Å²) in [6.45, 7) is 5.42. The molecule has 3 heterocycles. The smallest absolute Gasteiger partial charge is 0.241 e. The van der Waals surface area contributed by atoms with Gasteiger partial charge in [-0.25, -0.2) is 13.6 Å². The highest BCUT2D eigenvalue weighted by molar-refractivity contribution is 7.89. The van der Waals surface area contributed by atoms with Gasteiger partial charge in [-0.05, 0) is 44.2 Å². The van der Waals surface area contributed by atoms with Crippen LogP contribution in [0.25, 0.3) is 0 Å². The van der Waals surface area contributed by atoms with Gasteiger partial charge in [0, 0.05) is 32.9 Å². The van der Waals surface area contributed by atoms with Crippen LogP contribution in [0.3, 0.4) is 0 Å². The Morgan fingerprint density at radius 1 is 1.40 bits per heavy atom. The van der Waals surface area contributed by atoms with E-state index in [-0.39, 0.29) is 16.5 Å². The summed E-state index contributed by atoms with van der Waals surface area (Å²) in [6.07, 6.45) is 3.94. The lowest BCUT2D eigenvalue weighted by molar-refractivity contribution is -0.134. The van der Waals surface area contributed by atoms with Crippen LogP contribution in [0, 0.1) is 24.2 Å². The summed E-state index contributed by atoms with van der Waals surface area (Å²) in [5, 5.41) is 19.0. The van der Waals surface area contributed by atoms with Crippen molar-refractivity contribution >= 4 is 15.9 Å². The second-order valence-corrected chi connectivity index (χ2v) is 9.51. The van der Waals surface area contributed by atoms with E-state index < -0.39 is 15.9 Å². The molecule has 10 heteroatoms. The second-order valence-electron chi connectivity index (χ2n) is 8.02. The van der Waals surface area contributed by atoms with Crippen LogP contribution < -0.4 is 5.14 Å². The number of nitrogens with zero attached hydrogens (tertiary/aromatic N) is 5. The lowest BCUT2D eigenvalue weighted by Crippen LogP contribution is -2.41. The number of nitriles is 1. The van der Waals surface area contributed by atoms with E-state index in [2.05, 4.69) is 18.1 Å². The zero-order valence-corrected chi connectivity index (χ0v) is 18.4. The molecule has 2 N–H and O–H groups in total. The molecule has 0 aliphatic carbocycles. The number of nitrogens with two attached hydrogens (primary N) is 1. The van der Waals surface area contributed by atoms with E-state index in [1.807, 2.05) is 0 Å². The summed E-state index contributed by atoms with van der Waals surface area (Å²) in [7, 11) is -2.43. The number of aryl methyl sites for hydroxylation is 3. The predicted octanol–water partition coefficient (Wildman–Crippen LogP) is 1.48. The Kier molecular flexibility index (Phi) is 6.33. The minimum atomic E-state index is -4.06. The van der Waals surface area contributed by atoms with E-state index in [1.54, 1.807) is 41.8 Å². The Morgan fingerprint density at radius 3 is 2.67 bits per heavy atom. The minimum absolute atomic E-state index is 0.0817. The van der Waals surface area contributed by atoms with Crippen LogP contribution in [0.2, 0.25) is 0 Å². The van der Waals surface area contributed by atoms with Gasteiger partial charge in [-0.15, -0.1) is 0 Å². The molecule has 0 radical (unpaired) electrons. The molecule has 3 rings (SSSR count). The molecule has 0 aromatic carbocycles. The van der Waals surface area contributed by atoms with Crippen LogP contribution >= 0.6 is 0 Å². The van der Waals surface area contributed by atoms with Gasteiger partial charge in [0.05, 0.1) is 17.3 Å². The maximum atomic E-state index is 13.5. The molecule has 2 aromatic heterocycles. The van der Waals surface area contributed by atoms with Crippen molar-refractivity contribution in [2.75, 3.05) is 13.1 Å². The minimum Gasteiger partial charge on any atom is -0.342 e. The average Bonchev–Trinajstić information content (AvgIpc) is 3.25. The molecule has 1 saturated heterocycles. The fourth-order valence-electron chi connectivity index (χ4n) is 4.20. The summed E-state index contributed by atoms with van der Waals surface area (Å²) >= 11 is 0. The normalized spacial score (nSPS) is 16.4. The highest BCUT2D eigenvalue weighted by Gasteiger charge is 2.35. The molecule has 1 aliphatic rings. The zero-order valence-electron chi connectivity index (χ0n) is 17.6. The molecule has 0 saturated carbocycles. The molecule has 162 valence electrons. The van der Waals surface area contributed by atoms with Gasteiger partial charge in [-0.1, -0.05) is 6.92 Å². The third-order valence-corrected chi connectivity index (χ3v) is 6.89. The van der Waals surface area contributed by atoms with Crippen molar-refractivity contribution in [1.82, 2.24) is 19.2 Å². The number of carbonyl (C=O) groups is 1. The lowest BCUT2D eigenvalue weighted by Gasteiger charge is -2.33. The van der Waals surface area contributed by atoms with Gasteiger partial charge in [0.15, 0.2) is 0 Å². The van der Waals surface area contributed by atoms with Crippen LogP contribution in [-0.2, 0) is 28.4 Å². The molecule has 1 unspecified atom stereocenters. The van der Waals surface area contributed by atoms with E-state index in [4.69, 9.17) is 5.14 Å². The second kappa shape index (κ2) is 8.62. The quantitative estimate of drug-likeness (QED) is 0.740. The van der Waals surface area contributed by atoms with Crippen molar-refractivity contribution in [3.8, 4) is 6.07 Å². The van der Waals surface area contributed by atoms with Gasteiger partial charge in [0.1, 0.15) is 16.7 Å². The number of sulfonamides is 1. The van der Waals surface area contributed by atoms with E-state index in [9.17, 15) is 18.5 Å². The molecule has 9 nitrogen and oxygen atoms in total. The summed E-state index contributed by atoms with van der Waals surface area (Å²) in [5.41, 5.74) is 1.07. The number of hydrogen-bond donors (Lipinski definition) is 1. The Morgan fingerprint density at radius 2 is 2.07 bits per heavy atom. The van der Waals surface area contributed by atoms with E-state index in [1.165, 1.54) is 4.68 Å². The summed E-state index contributed by atoms with van der Waals surface area (Å²) in [6, 6.07) is 5.59. The molecule has 0 bridgehead atoms. The maximum Gasteiger partial charge on any atom is 0.241 e. The van der Waals surface area contributed by atoms with E-state index in [0.717, 1.165) is 12.8 Å². The predicted molar refractivity (Wildman–Crippen MR) is 111 cm³/mol. The molecule has 1 fully saturated rings. The SMILES string of the molecule is Cc1nn(C)c(C(CCn2cccc2C#N)C(=O)N2CCC(C)CC2)c1S(N)(=O)=O. The number of rotatable bonds is 6. The zero-order chi connectivity index (χ0) is 22.1. The first kappa shape index (κ1) is 22.1. The molecular formula is C20H28N6O3S. The largest absolute Gasteiger partial charge is 0.342 e. The van der Waals surface area contributed by atoms with Gasteiger partial charge < -0.3 is 9.47 Å². The van der Waals surface area contributed by atoms with Crippen molar-refractivity contribution in [3.05, 3.63) is 35.4 Å². The lowest BCUT2D eigenvalue weighted by atomic mass is 9.94. The molecule has 1 atom stereocenters. The molecule has 2 aromatic rings.